The summed E-state index contributed by atoms with van der Waals surface area (Å²) in [7, 11) is 1.98. The van der Waals surface area contributed by atoms with Gasteiger partial charge in [0.25, 0.3) is 5.91 Å². The molecule has 6 heteroatoms. The zero-order chi connectivity index (χ0) is 17.7. The molecule has 5 rings (SSSR count). The van der Waals surface area contributed by atoms with Gasteiger partial charge in [0.05, 0.1) is 11.6 Å². The first-order valence-electron chi connectivity index (χ1n) is 8.89. The SMILES string of the molecule is Cn1cc(C(=O)N2CCC[C@@H]2c2nnc3ccccn23)c2ccccc21. The molecule has 1 aromatic carbocycles. The van der Waals surface area contributed by atoms with E-state index in [1.54, 1.807) is 0 Å². The predicted molar refractivity (Wildman–Crippen MR) is 98.9 cm³/mol. The van der Waals surface area contributed by atoms with Crippen LogP contribution in [0.2, 0.25) is 0 Å². The van der Waals surface area contributed by atoms with Crippen LogP contribution in [-0.2, 0) is 7.05 Å². The molecule has 1 aliphatic rings. The first-order chi connectivity index (χ1) is 12.7. The Hall–Kier alpha value is -3.15. The largest absolute Gasteiger partial charge is 0.350 e. The highest BCUT2D eigenvalue weighted by atomic mass is 16.2. The second-order valence-electron chi connectivity index (χ2n) is 6.81. The molecule has 1 aliphatic heterocycles. The zero-order valence-electron chi connectivity index (χ0n) is 14.5. The molecule has 0 aliphatic carbocycles. The van der Waals surface area contributed by atoms with Crippen LogP contribution in [0.1, 0.15) is 35.1 Å². The van der Waals surface area contributed by atoms with E-state index < -0.39 is 0 Å². The summed E-state index contributed by atoms with van der Waals surface area (Å²) in [4.78, 5) is 15.3. The lowest BCUT2D eigenvalue weighted by atomic mass is 10.1. The summed E-state index contributed by atoms with van der Waals surface area (Å²) < 4.78 is 4.00. The number of pyridine rings is 1. The minimum absolute atomic E-state index is 0.0427. The van der Waals surface area contributed by atoms with Crippen LogP contribution >= 0.6 is 0 Å². The summed E-state index contributed by atoms with van der Waals surface area (Å²) in [6.45, 7) is 0.745. The van der Waals surface area contributed by atoms with Crippen LogP contribution in [0.25, 0.3) is 16.6 Å². The van der Waals surface area contributed by atoms with Gasteiger partial charge in [-0.25, -0.2) is 0 Å². The fourth-order valence-corrected chi connectivity index (χ4v) is 4.03. The Kier molecular flexibility index (Phi) is 3.31. The molecule has 3 aromatic heterocycles. The first kappa shape index (κ1) is 15.1. The molecule has 130 valence electrons. The number of carbonyl (C=O) groups is 1. The van der Waals surface area contributed by atoms with Crippen molar-refractivity contribution in [3.63, 3.8) is 0 Å². The average molecular weight is 345 g/mol. The third-order valence-electron chi connectivity index (χ3n) is 5.28. The van der Waals surface area contributed by atoms with Crippen LogP contribution in [-0.4, -0.2) is 36.5 Å². The number of amides is 1. The number of nitrogens with zero attached hydrogens (tertiary/aromatic N) is 5. The van der Waals surface area contributed by atoms with Gasteiger partial charge in [-0.3, -0.25) is 9.20 Å². The molecular weight excluding hydrogens is 326 g/mol. The lowest BCUT2D eigenvalue weighted by Crippen LogP contribution is -2.31. The third kappa shape index (κ3) is 2.15. The van der Waals surface area contributed by atoms with Crippen molar-refractivity contribution in [1.29, 1.82) is 0 Å². The van der Waals surface area contributed by atoms with Crippen molar-refractivity contribution in [2.75, 3.05) is 6.54 Å². The van der Waals surface area contributed by atoms with Crippen molar-refractivity contribution in [3.8, 4) is 0 Å². The molecule has 0 saturated carbocycles. The van der Waals surface area contributed by atoms with Crippen molar-refractivity contribution >= 4 is 22.5 Å². The highest BCUT2D eigenvalue weighted by Gasteiger charge is 2.34. The van der Waals surface area contributed by atoms with E-state index in [0.29, 0.717) is 0 Å². The summed E-state index contributed by atoms with van der Waals surface area (Å²) in [6.07, 6.45) is 5.78. The monoisotopic (exact) mass is 345 g/mol. The molecule has 6 nitrogen and oxygen atoms in total. The van der Waals surface area contributed by atoms with Crippen molar-refractivity contribution in [2.24, 2.45) is 7.05 Å². The van der Waals surface area contributed by atoms with E-state index in [1.165, 1.54) is 0 Å². The van der Waals surface area contributed by atoms with Crippen LogP contribution in [0.5, 0.6) is 0 Å². The van der Waals surface area contributed by atoms with E-state index in [2.05, 4.69) is 10.2 Å². The fraction of sp³-hybridized carbons (Fsp3) is 0.250. The number of rotatable bonds is 2. The Morgan fingerprint density at radius 3 is 2.88 bits per heavy atom. The van der Waals surface area contributed by atoms with Crippen molar-refractivity contribution in [2.45, 2.75) is 18.9 Å². The normalized spacial score (nSPS) is 17.4. The number of hydrogen-bond acceptors (Lipinski definition) is 3. The Labute approximate surface area is 150 Å². The second kappa shape index (κ2) is 5.69. The molecule has 4 aromatic rings. The quantitative estimate of drug-likeness (QED) is 0.561. The van der Waals surface area contributed by atoms with Gasteiger partial charge in [-0.2, -0.15) is 0 Å². The Morgan fingerprint density at radius 2 is 1.96 bits per heavy atom. The molecule has 0 radical (unpaired) electrons. The number of hydrogen-bond donors (Lipinski definition) is 0. The summed E-state index contributed by atoms with van der Waals surface area (Å²) >= 11 is 0. The Bertz CT molecular complexity index is 1130. The number of benzene rings is 1. The molecule has 0 spiro atoms. The van der Waals surface area contributed by atoms with E-state index in [1.807, 2.05) is 75.8 Å². The summed E-state index contributed by atoms with van der Waals surface area (Å²) in [5, 5.41) is 9.64. The van der Waals surface area contributed by atoms with E-state index >= 15 is 0 Å². The van der Waals surface area contributed by atoms with Gasteiger partial charge in [0.1, 0.15) is 0 Å². The minimum Gasteiger partial charge on any atom is -0.350 e. The van der Waals surface area contributed by atoms with Crippen molar-refractivity contribution in [3.05, 3.63) is 66.2 Å². The number of aromatic nitrogens is 4. The highest BCUT2D eigenvalue weighted by molar-refractivity contribution is 6.07. The van der Waals surface area contributed by atoms with E-state index in [0.717, 1.165) is 47.3 Å². The first-order valence-corrected chi connectivity index (χ1v) is 8.89. The average Bonchev–Trinajstić information content (AvgIpc) is 3.38. The maximum Gasteiger partial charge on any atom is 0.256 e. The summed E-state index contributed by atoms with van der Waals surface area (Å²) in [5.41, 5.74) is 2.63. The minimum atomic E-state index is -0.0427. The maximum atomic E-state index is 13.4. The summed E-state index contributed by atoms with van der Waals surface area (Å²) in [6, 6.07) is 13.8. The van der Waals surface area contributed by atoms with Crippen LogP contribution in [0.15, 0.2) is 54.9 Å². The molecule has 1 atom stereocenters. The third-order valence-corrected chi connectivity index (χ3v) is 5.28. The Morgan fingerprint density at radius 1 is 1.12 bits per heavy atom. The number of para-hydroxylation sites is 1. The number of aryl methyl sites for hydroxylation is 1. The van der Waals surface area contributed by atoms with Crippen molar-refractivity contribution in [1.82, 2.24) is 24.1 Å². The molecular formula is C20H19N5O. The number of likely N-dealkylation sites (tertiary alicyclic amines) is 1. The maximum absolute atomic E-state index is 13.4. The van der Waals surface area contributed by atoms with Gasteiger partial charge in [0, 0.05) is 36.9 Å². The van der Waals surface area contributed by atoms with Gasteiger partial charge >= 0.3 is 0 Å². The van der Waals surface area contributed by atoms with Crippen molar-refractivity contribution < 1.29 is 4.79 Å². The molecule has 0 N–H and O–H groups in total. The van der Waals surface area contributed by atoms with Crippen LogP contribution < -0.4 is 0 Å². The summed E-state index contributed by atoms with van der Waals surface area (Å²) in [5.74, 6) is 0.906. The second-order valence-corrected chi connectivity index (χ2v) is 6.81. The zero-order valence-corrected chi connectivity index (χ0v) is 14.5. The topological polar surface area (TPSA) is 55.4 Å². The molecule has 1 saturated heterocycles. The highest BCUT2D eigenvalue weighted by Crippen LogP contribution is 2.33. The van der Waals surface area contributed by atoms with Crippen LogP contribution in [0, 0.1) is 0 Å². The lowest BCUT2D eigenvalue weighted by Gasteiger charge is -2.23. The van der Waals surface area contributed by atoms with Gasteiger partial charge in [0.15, 0.2) is 11.5 Å². The van der Waals surface area contributed by atoms with Gasteiger partial charge < -0.3 is 9.47 Å². The van der Waals surface area contributed by atoms with Gasteiger partial charge in [0.2, 0.25) is 0 Å². The van der Waals surface area contributed by atoms with Crippen LogP contribution in [0.4, 0.5) is 0 Å². The van der Waals surface area contributed by atoms with Gasteiger partial charge in [-0.05, 0) is 31.0 Å². The molecule has 4 heterocycles. The van der Waals surface area contributed by atoms with E-state index in [4.69, 9.17) is 0 Å². The van der Waals surface area contributed by atoms with E-state index in [-0.39, 0.29) is 11.9 Å². The van der Waals surface area contributed by atoms with Gasteiger partial charge in [-0.1, -0.05) is 24.3 Å². The molecule has 1 amide bonds. The molecule has 1 fully saturated rings. The smallest absolute Gasteiger partial charge is 0.256 e. The lowest BCUT2D eigenvalue weighted by molar-refractivity contribution is 0.0731. The molecule has 26 heavy (non-hydrogen) atoms. The van der Waals surface area contributed by atoms with Gasteiger partial charge in [-0.15, -0.1) is 10.2 Å². The number of fused-ring (bicyclic) bond motifs is 2. The molecule has 0 unspecified atom stereocenters. The van der Waals surface area contributed by atoms with E-state index in [9.17, 15) is 4.79 Å². The predicted octanol–water partition coefficient (Wildman–Crippen LogP) is 3.20. The van der Waals surface area contributed by atoms with Crippen LogP contribution in [0.3, 0.4) is 0 Å². The molecule has 0 bridgehead atoms. The Balaban J connectivity index is 1.57. The fourth-order valence-electron chi connectivity index (χ4n) is 4.03. The number of carbonyl (C=O) groups excluding carboxylic acids is 1. The standard InChI is InChI=1S/C20H19N5O/c1-23-13-15(14-7-2-3-8-16(14)23)20(26)24-12-6-9-17(24)19-22-21-18-10-4-5-11-25(18)19/h2-5,7-8,10-11,13,17H,6,9,12H2,1H3/t17-/m1/s1.